The lowest BCUT2D eigenvalue weighted by molar-refractivity contribution is -0.146. The molecule has 1 saturated carbocycles. The van der Waals surface area contributed by atoms with Crippen molar-refractivity contribution in [2.24, 2.45) is 4.99 Å². The highest BCUT2D eigenvalue weighted by atomic mass is 16.5. The average Bonchev–Trinajstić information content (AvgIpc) is 3.14. The van der Waals surface area contributed by atoms with Crippen LogP contribution in [0.1, 0.15) is 56.1 Å². The van der Waals surface area contributed by atoms with Crippen molar-refractivity contribution >= 4 is 29.4 Å². The number of aliphatic imine (C=N–C) groups is 1. The van der Waals surface area contributed by atoms with Crippen molar-refractivity contribution in [2.45, 2.75) is 64.5 Å². The van der Waals surface area contributed by atoms with Gasteiger partial charge in [-0.1, -0.05) is 19.3 Å². The van der Waals surface area contributed by atoms with E-state index in [-0.39, 0.29) is 30.8 Å². The highest BCUT2D eigenvalue weighted by Crippen LogP contribution is 2.34. The summed E-state index contributed by atoms with van der Waals surface area (Å²) in [6.45, 7) is 3.02. The molecule has 172 valence electrons. The second-order valence-electron chi connectivity index (χ2n) is 8.69. The first kappa shape index (κ1) is 22.1. The van der Waals surface area contributed by atoms with E-state index in [1.807, 2.05) is 24.0 Å². The van der Waals surface area contributed by atoms with Gasteiger partial charge in [0.05, 0.1) is 12.3 Å². The largest absolute Gasteiger partial charge is 0.493 e. The number of guanidine groups is 1. The molecule has 2 N–H and O–H groups in total. The van der Waals surface area contributed by atoms with Gasteiger partial charge in [0.15, 0.2) is 0 Å². The molecule has 3 aliphatic rings. The van der Waals surface area contributed by atoms with Gasteiger partial charge in [0.25, 0.3) is 0 Å². The molecule has 2 fully saturated rings. The van der Waals surface area contributed by atoms with Crippen molar-refractivity contribution < 1.29 is 24.2 Å². The first-order valence-electron chi connectivity index (χ1n) is 11.3. The smallest absolute Gasteiger partial charge is 0.323 e. The number of benzene rings is 1. The summed E-state index contributed by atoms with van der Waals surface area (Å²) in [4.78, 5) is 43.6. The fourth-order valence-electron chi connectivity index (χ4n) is 4.72. The van der Waals surface area contributed by atoms with Crippen LogP contribution in [0.5, 0.6) is 5.75 Å². The Labute approximate surface area is 187 Å². The highest BCUT2D eigenvalue weighted by molar-refractivity contribution is 6.05. The number of carbonyl (C=O) groups excluding carboxylic acids is 2. The Morgan fingerprint density at radius 1 is 1.25 bits per heavy atom. The van der Waals surface area contributed by atoms with Crippen LogP contribution in [0.2, 0.25) is 0 Å². The standard InChI is InChI=1S/C23H30N4O5/c1-15-17-12-26-13-20(28)25-23(26)24-18(17)9-10-19(15)32-11-5-8-21(29)27(14-22(30)31)16-6-3-2-4-7-16/h9-10,16H,2-8,11-14H2,1H3,(H,30,31)(H,24,25,28). The van der Waals surface area contributed by atoms with Crippen LogP contribution in [0.15, 0.2) is 17.1 Å². The Balaban J connectivity index is 1.32. The Hall–Kier alpha value is -3.10. The number of hydrogen-bond acceptors (Lipinski definition) is 6. The van der Waals surface area contributed by atoms with Crippen LogP contribution in [0.3, 0.4) is 0 Å². The van der Waals surface area contributed by atoms with Crippen LogP contribution >= 0.6 is 0 Å². The summed E-state index contributed by atoms with van der Waals surface area (Å²) >= 11 is 0. The molecule has 0 unspecified atom stereocenters. The van der Waals surface area contributed by atoms with Gasteiger partial charge in [0.2, 0.25) is 17.8 Å². The van der Waals surface area contributed by atoms with Gasteiger partial charge < -0.3 is 19.6 Å². The fourth-order valence-corrected chi connectivity index (χ4v) is 4.72. The van der Waals surface area contributed by atoms with Crippen LogP contribution in [-0.4, -0.2) is 64.4 Å². The maximum atomic E-state index is 12.7. The zero-order valence-electron chi connectivity index (χ0n) is 18.4. The monoisotopic (exact) mass is 442 g/mol. The lowest BCUT2D eigenvalue weighted by atomic mass is 9.94. The maximum absolute atomic E-state index is 12.7. The topological polar surface area (TPSA) is 112 Å². The van der Waals surface area contributed by atoms with Gasteiger partial charge in [-0.15, -0.1) is 0 Å². The highest BCUT2D eigenvalue weighted by Gasteiger charge is 2.30. The van der Waals surface area contributed by atoms with Crippen LogP contribution in [-0.2, 0) is 20.9 Å². The number of amides is 2. The second-order valence-corrected chi connectivity index (χ2v) is 8.69. The number of aliphatic carboxylic acids is 1. The third-order valence-electron chi connectivity index (χ3n) is 6.42. The number of rotatable bonds is 8. The van der Waals surface area contributed by atoms with Crippen LogP contribution < -0.4 is 10.1 Å². The number of fused-ring (bicyclic) bond motifs is 2. The Morgan fingerprint density at radius 2 is 2.03 bits per heavy atom. The molecule has 0 radical (unpaired) electrons. The quantitative estimate of drug-likeness (QED) is 0.598. The Morgan fingerprint density at radius 3 is 2.78 bits per heavy atom. The summed E-state index contributed by atoms with van der Waals surface area (Å²) < 4.78 is 5.96. The molecule has 1 saturated heterocycles. The van der Waals surface area contributed by atoms with E-state index in [2.05, 4.69) is 10.3 Å². The minimum atomic E-state index is -0.967. The molecule has 0 aromatic heterocycles. The number of ether oxygens (including phenoxy) is 1. The molecule has 2 aliphatic heterocycles. The van der Waals surface area contributed by atoms with Crippen LogP contribution in [0.25, 0.3) is 0 Å². The summed E-state index contributed by atoms with van der Waals surface area (Å²) in [6.07, 6.45) is 5.78. The lowest BCUT2D eigenvalue weighted by Crippen LogP contribution is -2.44. The normalized spacial score (nSPS) is 17.8. The second kappa shape index (κ2) is 9.58. The number of nitrogens with one attached hydrogen (secondary N) is 1. The summed E-state index contributed by atoms with van der Waals surface area (Å²) in [5, 5.41) is 12.0. The van der Waals surface area contributed by atoms with Crippen molar-refractivity contribution in [1.29, 1.82) is 0 Å². The molecule has 0 bridgehead atoms. The molecular formula is C23H30N4O5. The zero-order chi connectivity index (χ0) is 22.7. The Bertz CT molecular complexity index is 939. The first-order valence-corrected chi connectivity index (χ1v) is 11.3. The molecule has 0 spiro atoms. The lowest BCUT2D eigenvalue weighted by Gasteiger charge is -2.33. The summed E-state index contributed by atoms with van der Waals surface area (Å²) in [6, 6.07) is 3.79. The van der Waals surface area contributed by atoms with E-state index >= 15 is 0 Å². The average molecular weight is 443 g/mol. The molecule has 2 heterocycles. The van der Waals surface area contributed by atoms with E-state index in [0.29, 0.717) is 32.1 Å². The van der Waals surface area contributed by atoms with E-state index < -0.39 is 5.97 Å². The predicted molar refractivity (Wildman–Crippen MR) is 118 cm³/mol. The number of nitrogens with zero attached hydrogens (tertiary/aromatic N) is 3. The summed E-state index contributed by atoms with van der Waals surface area (Å²) in [7, 11) is 0. The van der Waals surface area contributed by atoms with Crippen LogP contribution in [0, 0.1) is 6.92 Å². The summed E-state index contributed by atoms with van der Waals surface area (Å²) in [5.41, 5.74) is 2.84. The molecule has 1 aromatic rings. The van der Waals surface area contributed by atoms with E-state index in [0.717, 1.165) is 54.7 Å². The van der Waals surface area contributed by atoms with Crippen molar-refractivity contribution in [2.75, 3.05) is 19.7 Å². The van der Waals surface area contributed by atoms with Gasteiger partial charge in [-0.2, -0.15) is 0 Å². The minimum absolute atomic E-state index is 0.0357. The fraction of sp³-hybridized carbons (Fsp3) is 0.565. The van der Waals surface area contributed by atoms with Gasteiger partial charge in [-0.05, 0) is 43.9 Å². The number of hydrogen-bond donors (Lipinski definition) is 2. The van der Waals surface area contributed by atoms with Crippen molar-refractivity contribution in [3.63, 3.8) is 0 Å². The predicted octanol–water partition coefficient (Wildman–Crippen LogP) is 2.33. The van der Waals surface area contributed by atoms with E-state index in [1.165, 1.54) is 0 Å². The minimum Gasteiger partial charge on any atom is -0.493 e. The molecule has 2 amide bonds. The first-order chi connectivity index (χ1) is 15.4. The van der Waals surface area contributed by atoms with Gasteiger partial charge in [0.1, 0.15) is 18.8 Å². The van der Waals surface area contributed by atoms with Gasteiger partial charge in [-0.25, -0.2) is 4.99 Å². The number of carboxylic acids is 1. The molecule has 0 atom stereocenters. The molecular weight excluding hydrogens is 412 g/mol. The zero-order valence-corrected chi connectivity index (χ0v) is 18.4. The van der Waals surface area contributed by atoms with Crippen molar-refractivity contribution in [1.82, 2.24) is 15.1 Å². The van der Waals surface area contributed by atoms with Crippen LogP contribution in [0.4, 0.5) is 5.69 Å². The van der Waals surface area contributed by atoms with E-state index in [9.17, 15) is 19.5 Å². The SMILES string of the molecule is Cc1c(OCCCC(=O)N(CC(=O)O)C2CCCCC2)ccc2c1CN1CC(=O)NC1=N2. The maximum Gasteiger partial charge on any atom is 0.323 e. The molecule has 9 nitrogen and oxygen atoms in total. The van der Waals surface area contributed by atoms with E-state index in [1.54, 1.807) is 4.90 Å². The van der Waals surface area contributed by atoms with Crippen molar-refractivity contribution in [3.8, 4) is 5.75 Å². The Kier molecular flexibility index (Phi) is 6.62. The molecule has 32 heavy (non-hydrogen) atoms. The third kappa shape index (κ3) is 4.87. The molecule has 9 heteroatoms. The van der Waals surface area contributed by atoms with Crippen molar-refractivity contribution in [3.05, 3.63) is 23.3 Å². The number of carboxylic acid groups (broad SMARTS) is 1. The van der Waals surface area contributed by atoms with Gasteiger partial charge in [0, 0.05) is 24.6 Å². The summed E-state index contributed by atoms with van der Waals surface area (Å²) in [5.74, 6) is 0.199. The third-order valence-corrected chi connectivity index (χ3v) is 6.42. The number of carbonyl (C=O) groups is 3. The molecule has 4 rings (SSSR count). The molecule has 1 aromatic carbocycles. The van der Waals surface area contributed by atoms with Gasteiger partial charge >= 0.3 is 5.97 Å². The van der Waals surface area contributed by atoms with Gasteiger partial charge in [-0.3, -0.25) is 19.7 Å². The molecule has 1 aliphatic carbocycles. The van der Waals surface area contributed by atoms with E-state index in [4.69, 9.17) is 4.74 Å².